The van der Waals surface area contributed by atoms with Gasteiger partial charge in [0.1, 0.15) is 5.75 Å². The Bertz CT molecular complexity index is 730. The van der Waals surface area contributed by atoms with Gasteiger partial charge in [-0.2, -0.15) is 8.78 Å². The molecule has 1 aromatic heterocycles. The van der Waals surface area contributed by atoms with Gasteiger partial charge in [0.15, 0.2) is 5.96 Å². The second kappa shape index (κ2) is 11.5. The van der Waals surface area contributed by atoms with Crippen LogP contribution in [-0.4, -0.2) is 43.7 Å². The molecular formula is C18H23F2IN4O2. The number of hydrogen-bond donors (Lipinski definition) is 1. The highest BCUT2D eigenvalue weighted by molar-refractivity contribution is 14.0. The lowest BCUT2D eigenvalue weighted by molar-refractivity contribution is -0.0498. The number of aromatic nitrogens is 1. The first-order valence-corrected chi connectivity index (χ1v) is 7.97. The van der Waals surface area contributed by atoms with Crippen molar-refractivity contribution in [1.82, 2.24) is 15.2 Å². The number of ether oxygens (including phenoxy) is 2. The number of alkyl halides is 2. The Morgan fingerprint density at radius 1 is 1.22 bits per heavy atom. The summed E-state index contributed by atoms with van der Waals surface area (Å²) >= 11 is 0. The largest absolute Gasteiger partial charge is 0.481 e. The number of pyridine rings is 1. The fraction of sp³-hybridized carbons (Fsp3) is 0.333. The molecule has 1 aromatic carbocycles. The minimum Gasteiger partial charge on any atom is -0.481 e. The van der Waals surface area contributed by atoms with Crippen molar-refractivity contribution in [2.24, 2.45) is 4.99 Å². The van der Waals surface area contributed by atoms with Gasteiger partial charge >= 0.3 is 6.61 Å². The van der Waals surface area contributed by atoms with E-state index in [1.54, 1.807) is 32.4 Å². The van der Waals surface area contributed by atoms with E-state index in [1.165, 1.54) is 12.1 Å². The van der Waals surface area contributed by atoms with Gasteiger partial charge in [-0.25, -0.2) is 4.98 Å². The molecule has 0 radical (unpaired) electrons. The first-order valence-electron chi connectivity index (χ1n) is 7.97. The molecule has 0 amide bonds. The van der Waals surface area contributed by atoms with Crippen LogP contribution in [0.25, 0.3) is 0 Å². The Morgan fingerprint density at radius 2 is 1.93 bits per heavy atom. The predicted molar refractivity (Wildman–Crippen MR) is 111 cm³/mol. The van der Waals surface area contributed by atoms with Crippen molar-refractivity contribution in [3.8, 4) is 11.6 Å². The van der Waals surface area contributed by atoms with Gasteiger partial charge < -0.3 is 19.7 Å². The number of nitrogens with zero attached hydrogens (tertiary/aromatic N) is 3. The summed E-state index contributed by atoms with van der Waals surface area (Å²) in [6, 6.07) is 12.1. The number of aliphatic imine (C=N–C) groups is 1. The first-order chi connectivity index (χ1) is 12.5. The maximum Gasteiger partial charge on any atom is 0.387 e. The Balaban J connectivity index is 0.00000364. The van der Waals surface area contributed by atoms with Crippen molar-refractivity contribution < 1.29 is 18.3 Å². The van der Waals surface area contributed by atoms with Crippen molar-refractivity contribution in [3.63, 3.8) is 0 Å². The first kappa shape index (κ1) is 22.9. The number of guanidine groups is 1. The van der Waals surface area contributed by atoms with Crippen LogP contribution in [0.5, 0.6) is 11.6 Å². The van der Waals surface area contributed by atoms with Gasteiger partial charge in [0.2, 0.25) is 5.88 Å². The zero-order chi connectivity index (χ0) is 18.9. The highest BCUT2D eigenvalue weighted by Gasteiger charge is 2.09. The average Bonchev–Trinajstić information content (AvgIpc) is 2.63. The predicted octanol–water partition coefficient (Wildman–Crippen LogP) is 3.52. The van der Waals surface area contributed by atoms with Crippen LogP contribution >= 0.6 is 24.0 Å². The van der Waals surface area contributed by atoms with Gasteiger partial charge in [0.25, 0.3) is 0 Å². The lowest BCUT2D eigenvalue weighted by Gasteiger charge is -2.22. The van der Waals surface area contributed by atoms with E-state index >= 15 is 0 Å². The van der Waals surface area contributed by atoms with Gasteiger partial charge in [0, 0.05) is 26.7 Å². The van der Waals surface area contributed by atoms with E-state index in [-0.39, 0.29) is 29.7 Å². The van der Waals surface area contributed by atoms with Gasteiger partial charge in [-0.1, -0.05) is 18.2 Å². The summed E-state index contributed by atoms with van der Waals surface area (Å²) in [6.07, 6.45) is 0. The number of halogens is 3. The molecule has 0 unspecified atom stereocenters. The SMILES string of the molecule is CN=C(NCc1cccc(OC)n1)N(C)Cc1ccc(OC(F)F)cc1.I. The average molecular weight is 492 g/mol. The van der Waals surface area contributed by atoms with Crippen molar-refractivity contribution in [2.75, 3.05) is 21.2 Å². The molecule has 2 rings (SSSR count). The normalized spacial score (nSPS) is 11.0. The summed E-state index contributed by atoms with van der Waals surface area (Å²) in [7, 11) is 5.15. The second-order valence-electron chi connectivity index (χ2n) is 5.45. The van der Waals surface area contributed by atoms with E-state index in [9.17, 15) is 8.78 Å². The Labute approximate surface area is 174 Å². The van der Waals surface area contributed by atoms with Crippen LogP contribution in [0.15, 0.2) is 47.5 Å². The summed E-state index contributed by atoms with van der Waals surface area (Å²) in [6.45, 7) is -1.77. The van der Waals surface area contributed by atoms with Gasteiger partial charge in [-0.15, -0.1) is 24.0 Å². The summed E-state index contributed by atoms with van der Waals surface area (Å²) < 4.78 is 33.8. The van der Waals surface area contributed by atoms with Gasteiger partial charge in [-0.3, -0.25) is 4.99 Å². The molecule has 1 heterocycles. The third-order valence-electron chi connectivity index (χ3n) is 3.56. The molecule has 0 saturated heterocycles. The zero-order valence-corrected chi connectivity index (χ0v) is 17.7. The van der Waals surface area contributed by atoms with Crippen LogP contribution < -0.4 is 14.8 Å². The third-order valence-corrected chi connectivity index (χ3v) is 3.56. The molecule has 0 spiro atoms. The topological polar surface area (TPSA) is 59.0 Å². The summed E-state index contributed by atoms with van der Waals surface area (Å²) in [5, 5.41) is 3.23. The number of benzene rings is 1. The molecule has 0 aliphatic rings. The van der Waals surface area contributed by atoms with Crippen molar-refractivity contribution in [2.45, 2.75) is 19.7 Å². The maximum absolute atomic E-state index is 12.2. The van der Waals surface area contributed by atoms with Crippen molar-refractivity contribution in [1.29, 1.82) is 0 Å². The summed E-state index contributed by atoms with van der Waals surface area (Å²) in [4.78, 5) is 10.5. The molecule has 9 heteroatoms. The fourth-order valence-electron chi connectivity index (χ4n) is 2.35. The molecule has 0 aliphatic carbocycles. The zero-order valence-electron chi connectivity index (χ0n) is 15.4. The second-order valence-corrected chi connectivity index (χ2v) is 5.45. The van der Waals surface area contributed by atoms with Crippen LogP contribution in [0, 0.1) is 0 Å². The van der Waals surface area contributed by atoms with Gasteiger partial charge in [-0.05, 0) is 23.8 Å². The minimum atomic E-state index is -2.82. The Hall–Kier alpha value is -2.17. The van der Waals surface area contributed by atoms with Crippen molar-refractivity contribution in [3.05, 3.63) is 53.7 Å². The van der Waals surface area contributed by atoms with E-state index in [2.05, 4.69) is 20.0 Å². The quantitative estimate of drug-likeness (QED) is 0.364. The summed E-state index contributed by atoms with van der Waals surface area (Å²) in [5.74, 6) is 1.37. The number of methoxy groups -OCH3 is 1. The molecule has 0 aliphatic heterocycles. The number of hydrogen-bond acceptors (Lipinski definition) is 4. The van der Waals surface area contributed by atoms with E-state index in [1.807, 2.05) is 24.1 Å². The highest BCUT2D eigenvalue weighted by Crippen LogP contribution is 2.15. The molecule has 0 bridgehead atoms. The standard InChI is InChI=1S/C18H22F2N4O2.HI/c1-21-18(22-11-14-5-4-6-16(23-14)25-3)24(2)12-13-7-9-15(10-8-13)26-17(19)20;/h4-10,17H,11-12H2,1-3H3,(H,21,22);1H. The molecule has 148 valence electrons. The van der Waals surface area contributed by atoms with Crippen LogP contribution in [-0.2, 0) is 13.1 Å². The fourth-order valence-corrected chi connectivity index (χ4v) is 2.35. The monoisotopic (exact) mass is 492 g/mol. The van der Waals surface area contributed by atoms with Crippen LogP contribution in [0.4, 0.5) is 8.78 Å². The molecule has 1 N–H and O–H groups in total. The molecule has 2 aromatic rings. The lowest BCUT2D eigenvalue weighted by Crippen LogP contribution is -2.38. The lowest BCUT2D eigenvalue weighted by atomic mass is 10.2. The minimum absolute atomic E-state index is 0. The highest BCUT2D eigenvalue weighted by atomic mass is 127. The smallest absolute Gasteiger partial charge is 0.387 e. The Kier molecular flexibility index (Phi) is 9.76. The molecule has 27 heavy (non-hydrogen) atoms. The molecule has 0 fully saturated rings. The van der Waals surface area contributed by atoms with Crippen LogP contribution in [0.2, 0.25) is 0 Å². The van der Waals surface area contributed by atoms with Gasteiger partial charge in [0.05, 0.1) is 19.3 Å². The van der Waals surface area contributed by atoms with E-state index < -0.39 is 6.61 Å². The maximum atomic E-state index is 12.2. The third kappa shape index (κ3) is 7.53. The number of rotatable bonds is 7. The van der Waals surface area contributed by atoms with Crippen LogP contribution in [0.1, 0.15) is 11.3 Å². The van der Waals surface area contributed by atoms with E-state index in [0.717, 1.165) is 11.3 Å². The number of nitrogens with one attached hydrogen (secondary N) is 1. The Morgan fingerprint density at radius 3 is 2.52 bits per heavy atom. The molecular weight excluding hydrogens is 469 g/mol. The molecule has 0 saturated carbocycles. The molecule has 0 atom stereocenters. The van der Waals surface area contributed by atoms with Crippen molar-refractivity contribution >= 4 is 29.9 Å². The van der Waals surface area contributed by atoms with E-state index in [0.29, 0.717) is 24.9 Å². The van der Waals surface area contributed by atoms with E-state index in [4.69, 9.17) is 4.74 Å². The molecule has 6 nitrogen and oxygen atoms in total. The summed E-state index contributed by atoms with van der Waals surface area (Å²) in [5.41, 5.74) is 1.77. The van der Waals surface area contributed by atoms with Crippen LogP contribution in [0.3, 0.4) is 0 Å².